The summed E-state index contributed by atoms with van der Waals surface area (Å²) in [5, 5.41) is 10.9. The Kier molecular flexibility index (Phi) is 6.68. The molecule has 0 bridgehead atoms. The normalized spacial score (nSPS) is 16.5. The molecule has 0 fully saturated rings. The van der Waals surface area contributed by atoms with Gasteiger partial charge in [0, 0.05) is 17.7 Å². The van der Waals surface area contributed by atoms with E-state index in [0.717, 1.165) is 60.9 Å². The number of hydrogen-bond acceptors (Lipinski definition) is 3. The number of carbonyl (C=O) groups excluding carboxylic acids is 2. The smallest absolute Gasteiger partial charge is 0.257 e. The maximum atomic E-state index is 11.6. The fourth-order valence-electron chi connectivity index (χ4n) is 6.50. The fourth-order valence-corrected chi connectivity index (χ4v) is 6.50. The van der Waals surface area contributed by atoms with E-state index in [9.17, 15) is 14.7 Å². The van der Waals surface area contributed by atoms with E-state index in [-0.39, 0.29) is 22.6 Å². The van der Waals surface area contributed by atoms with Gasteiger partial charge in [-0.15, -0.1) is 14.1 Å². The number of likely N-dealkylation sites (N-methyl/N-ethyl adjacent to an activating group) is 1. The lowest BCUT2D eigenvalue weighted by Crippen LogP contribution is -2.31. The average Bonchev–Trinajstić information content (AvgIpc) is 3.47. The van der Waals surface area contributed by atoms with Gasteiger partial charge in [0.25, 0.3) is 11.8 Å². The molecule has 7 heteroatoms. The summed E-state index contributed by atoms with van der Waals surface area (Å²) in [6.45, 7) is 15.9. The second kappa shape index (κ2) is 9.61. The van der Waals surface area contributed by atoms with Crippen molar-refractivity contribution in [3.8, 4) is 11.4 Å². The van der Waals surface area contributed by atoms with Crippen LogP contribution in [0.4, 0.5) is 0 Å². The molecular weight excluding hydrogens is 488 g/mol. The van der Waals surface area contributed by atoms with Crippen LogP contribution in [0, 0.1) is 5.41 Å². The van der Waals surface area contributed by atoms with Crippen molar-refractivity contribution >= 4 is 22.8 Å². The summed E-state index contributed by atoms with van der Waals surface area (Å²) in [6, 6.07) is 12.7. The van der Waals surface area contributed by atoms with E-state index >= 15 is 0 Å². The highest BCUT2D eigenvalue weighted by molar-refractivity contribution is 6.19. The van der Waals surface area contributed by atoms with E-state index < -0.39 is 0 Å². The molecule has 1 aliphatic heterocycles. The van der Waals surface area contributed by atoms with Crippen molar-refractivity contribution in [3.63, 3.8) is 0 Å². The number of aromatic hydroxyl groups is 1. The van der Waals surface area contributed by atoms with Crippen molar-refractivity contribution in [1.82, 2.24) is 19.0 Å². The zero-order valence-corrected chi connectivity index (χ0v) is 24.5. The minimum absolute atomic E-state index is 0.0389. The molecule has 2 amide bonds. The number of nitrogens with zero attached hydrogens (tertiary/aromatic N) is 4. The Morgan fingerprint density at radius 3 is 1.85 bits per heavy atom. The predicted molar refractivity (Wildman–Crippen MR) is 155 cm³/mol. The number of rotatable bonds is 5. The molecule has 0 atom stereocenters. The topological polar surface area (TPSA) is 71.4 Å². The molecule has 2 aliphatic rings. The number of imide groups is 1. The molecule has 7 nitrogen and oxygen atoms in total. The van der Waals surface area contributed by atoms with Gasteiger partial charge in [0.05, 0.1) is 0 Å². The molecule has 0 spiro atoms. The summed E-state index contributed by atoms with van der Waals surface area (Å²) < 4.78 is 4.20. The van der Waals surface area contributed by atoms with Crippen LogP contribution in [0.25, 0.3) is 16.7 Å². The Morgan fingerprint density at radius 1 is 0.846 bits per heavy atom. The van der Waals surface area contributed by atoms with E-state index in [1.807, 2.05) is 19.1 Å². The highest BCUT2D eigenvalue weighted by atomic mass is 16.3. The number of aromatic nitrogens is 3. The Morgan fingerprint density at radius 2 is 1.38 bits per heavy atom. The average molecular weight is 531 g/mol. The van der Waals surface area contributed by atoms with Gasteiger partial charge in [-0.1, -0.05) is 59.7 Å². The van der Waals surface area contributed by atoms with Crippen LogP contribution in [0.15, 0.2) is 47.5 Å². The summed E-state index contributed by atoms with van der Waals surface area (Å²) >= 11 is 0. The number of phenolic OH excluding ortho intramolecular Hbond substituents is 1. The van der Waals surface area contributed by atoms with E-state index in [1.165, 1.54) is 21.5 Å². The summed E-state index contributed by atoms with van der Waals surface area (Å²) in [5.74, 6) is 0.313. The number of carbonyl (C=O) groups is 2. The Balaban J connectivity index is 0.000000198. The third-order valence-electron chi connectivity index (χ3n) is 8.13. The Bertz CT molecular complexity index is 1500. The number of aryl methyl sites for hydroxylation is 1. The number of hydrogen-bond donors (Lipinski definition) is 1. The van der Waals surface area contributed by atoms with Crippen molar-refractivity contribution in [1.29, 1.82) is 0 Å². The van der Waals surface area contributed by atoms with Gasteiger partial charge in [0.15, 0.2) is 0 Å². The zero-order valence-electron chi connectivity index (χ0n) is 24.5. The number of fused-ring (bicyclic) bond motifs is 4. The van der Waals surface area contributed by atoms with Crippen LogP contribution in [0.1, 0.15) is 91.7 Å². The third kappa shape index (κ3) is 4.66. The van der Waals surface area contributed by atoms with Crippen molar-refractivity contribution in [2.75, 3.05) is 6.54 Å². The van der Waals surface area contributed by atoms with Gasteiger partial charge in [0.2, 0.25) is 0 Å². The minimum Gasteiger partial charge on any atom is -0.505 e. The highest BCUT2D eigenvalue weighted by Gasteiger charge is 2.37. The van der Waals surface area contributed by atoms with E-state index in [0.29, 0.717) is 12.3 Å². The summed E-state index contributed by atoms with van der Waals surface area (Å²) in [5.41, 5.74) is 7.40. The maximum absolute atomic E-state index is 11.6. The lowest BCUT2D eigenvalue weighted by Gasteiger charge is -2.33. The van der Waals surface area contributed by atoms with E-state index in [1.54, 1.807) is 0 Å². The minimum atomic E-state index is -0.0396. The molecule has 0 unspecified atom stereocenters. The van der Waals surface area contributed by atoms with Crippen LogP contribution in [0.2, 0.25) is 0 Å². The fraction of sp³-hybridized carbons (Fsp3) is 0.500. The second-order valence-electron chi connectivity index (χ2n) is 12.9. The first-order chi connectivity index (χ1) is 18.4. The summed E-state index contributed by atoms with van der Waals surface area (Å²) in [6.07, 6.45) is 5.61. The second-order valence-corrected chi connectivity index (χ2v) is 12.9. The number of para-hydroxylation sites is 2. The van der Waals surface area contributed by atoms with Crippen LogP contribution in [0.5, 0.6) is 5.75 Å². The van der Waals surface area contributed by atoms with Crippen molar-refractivity contribution < 1.29 is 14.7 Å². The Labute approximate surface area is 231 Å². The first kappa shape index (κ1) is 27.1. The summed E-state index contributed by atoms with van der Waals surface area (Å²) in [7, 11) is 0. The van der Waals surface area contributed by atoms with Crippen molar-refractivity contribution in [3.05, 3.63) is 58.7 Å². The SMILES string of the molecule is CCN1C(=O)C2=C(CCCC2)C1=O.CCc1cc(C(C)(C)CC(C)(C)C)cc(-n2n3c4ccccc4n23)c1O. The molecule has 2 aromatic carbocycles. The van der Waals surface area contributed by atoms with E-state index in [2.05, 4.69) is 79.9 Å². The molecule has 1 aliphatic carbocycles. The van der Waals surface area contributed by atoms with Gasteiger partial charge in [-0.2, -0.15) is 0 Å². The standard InChI is InChI=1S/C22H29N3O.C10H13NO2/c1-7-15-12-16(22(5,6)14-21(2,3)4)13-19(20(15)26)25-23-17-10-8-9-11-18(17)24(23)25;1-2-11-9(12)7-5-3-4-6-8(7)10(11)13/h8-13,26H,7,14H2,1-6H3;2-6H2,1H3. The molecule has 39 heavy (non-hydrogen) atoms. The molecule has 0 saturated heterocycles. The number of benzene rings is 2. The van der Waals surface area contributed by atoms with Crippen LogP contribution >= 0.6 is 0 Å². The van der Waals surface area contributed by atoms with E-state index in [4.69, 9.17) is 0 Å². The molecule has 1 N–H and O–H groups in total. The number of amides is 2. The zero-order chi connectivity index (χ0) is 28.3. The lowest BCUT2D eigenvalue weighted by atomic mass is 9.72. The first-order valence-electron chi connectivity index (χ1n) is 14.3. The lowest BCUT2D eigenvalue weighted by molar-refractivity contribution is -0.137. The first-order valence-corrected chi connectivity index (χ1v) is 14.3. The molecule has 0 radical (unpaired) electrons. The van der Waals surface area contributed by atoms with Crippen LogP contribution < -0.4 is 0 Å². The number of phenols is 1. The molecule has 208 valence electrons. The van der Waals surface area contributed by atoms with Crippen LogP contribution in [-0.2, 0) is 21.4 Å². The van der Waals surface area contributed by atoms with Gasteiger partial charge in [-0.3, -0.25) is 14.5 Å². The van der Waals surface area contributed by atoms with Crippen LogP contribution in [0.3, 0.4) is 0 Å². The predicted octanol–water partition coefficient (Wildman–Crippen LogP) is 6.65. The van der Waals surface area contributed by atoms with Gasteiger partial charge in [-0.05, 0) is 85.6 Å². The van der Waals surface area contributed by atoms with Crippen molar-refractivity contribution in [2.45, 2.75) is 92.4 Å². The van der Waals surface area contributed by atoms with Crippen LogP contribution in [-0.4, -0.2) is 42.4 Å². The van der Waals surface area contributed by atoms with Gasteiger partial charge in [0.1, 0.15) is 22.5 Å². The maximum Gasteiger partial charge on any atom is 0.257 e. The van der Waals surface area contributed by atoms with Gasteiger partial charge >= 0.3 is 0 Å². The van der Waals surface area contributed by atoms with Gasteiger partial charge in [-0.25, -0.2) is 0 Å². The molecular formula is C32H42N4O3. The molecule has 3 heterocycles. The van der Waals surface area contributed by atoms with Crippen molar-refractivity contribution in [2.24, 2.45) is 5.41 Å². The molecule has 6 rings (SSSR count). The third-order valence-corrected chi connectivity index (χ3v) is 8.13. The summed E-state index contributed by atoms with van der Waals surface area (Å²) in [4.78, 5) is 26.7. The quantitative estimate of drug-likeness (QED) is 0.294. The molecule has 0 saturated carbocycles. The Hall–Kier alpha value is -3.48. The molecule has 2 aromatic heterocycles. The largest absolute Gasteiger partial charge is 0.505 e. The monoisotopic (exact) mass is 530 g/mol. The van der Waals surface area contributed by atoms with Gasteiger partial charge < -0.3 is 5.11 Å². The highest BCUT2D eigenvalue weighted by Crippen LogP contribution is 2.41. The molecule has 4 aromatic rings.